The maximum atomic E-state index is 12.8. The second kappa shape index (κ2) is 7.59. The lowest BCUT2D eigenvalue weighted by Gasteiger charge is -2.23. The molecule has 1 aromatic heterocycles. The molecule has 0 saturated heterocycles. The van der Waals surface area contributed by atoms with E-state index in [2.05, 4.69) is 23.3 Å². The zero-order chi connectivity index (χ0) is 20.4. The molecular weight excluding hydrogens is 388 g/mol. The average Bonchev–Trinajstić information content (AvgIpc) is 3.27. The normalized spacial score (nSPS) is 13.1. The molecule has 4 aromatic rings. The molecule has 1 unspecified atom stereocenters. The maximum Gasteiger partial charge on any atom is 0.300 e. The first-order valence-corrected chi connectivity index (χ1v) is 9.23. The summed E-state index contributed by atoms with van der Waals surface area (Å²) in [6.45, 7) is 0. The Morgan fingerprint density at radius 2 is 1.97 bits per heavy atom. The Labute approximate surface area is 172 Å². The van der Waals surface area contributed by atoms with E-state index in [1.165, 1.54) is 7.11 Å². The van der Waals surface area contributed by atoms with Gasteiger partial charge in [0.05, 0.1) is 12.8 Å². The predicted octanol–water partition coefficient (Wildman–Crippen LogP) is 3.92. The van der Waals surface area contributed by atoms with Gasteiger partial charge in [-0.25, -0.2) is 4.68 Å². The molecule has 0 radical (unpaired) electrons. The first kappa shape index (κ1) is 19.0. The van der Waals surface area contributed by atoms with Crippen molar-refractivity contribution in [3.8, 4) is 11.4 Å². The van der Waals surface area contributed by atoms with Crippen LogP contribution >= 0.6 is 12.8 Å². The van der Waals surface area contributed by atoms with Crippen molar-refractivity contribution < 1.29 is 14.7 Å². The van der Waals surface area contributed by atoms with E-state index in [0.717, 1.165) is 16.5 Å². The maximum absolute atomic E-state index is 12.8. The number of thiol groups is 1. The number of quaternary nitrogens is 1. The number of benzene rings is 3. The molecule has 146 valence electrons. The lowest BCUT2D eigenvalue weighted by Crippen LogP contribution is -2.52. The van der Waals surface area contributed by atoms with E-state index in [1.54, 1.807) is 47.3 Å². The van der Waals surface area contributed by atoms with Gasteiger partial charge in [0.2, 0.25) is 5.69 Å². The summed E-state index contributed by atoms with van der Waals surface area (Å²) in [6.07, 6.45) is 3.57. The quantitative estimate of drug-likeness (QED) is 0.266. The summed E-state index contributed by atoms with van der Waals surface area (Å²) in [5.74, 6) is -0.0903. The molecule has 4 rings (SSSR count). The summed E-state index contributed by atoms with van der Waals surface area (Å²) in [7, 11) is 1.48. The van der Waals surface area contributed by atoms with Crippen LogP contribution in [0.15, 0.2) is 79.1 Å². The van der Waals surface area contributed by atoms with Crippen LogP contribution in [0.1, 0.15) is 10.4 Å². The van der Waals surface area contributed by atoms with Crippen LogP contribution in [0.2, 0.25) is 0 Å². The Bertz CT molecular complexity index is 1180. The van der Waals surface area contributed by atoms with Crippen LogP contribution in [0.3, 0.4) is 0 Å². The predicted molar refractivity (Wildman–Crippen MR) is 114 cm³/mol. The van der Waals surface area contributed by atoms with Crippen LogP contribution in [0.4, 0.5) is 5.69 Å². The van der Waals surface area contributed by atoms with Crippen molar-refractivity contribution in [2.45, 2.75) is 0 Å². The topological polar surface area (TPSA) is 76.4 Å². The monoisotopic (exact) mass is 407 g/mol. The van der Waals surface area contributed by atoms with E-state index in [0.29, 0.717) is 11.3 Å². The van der Waals surface area contributed by atoms with Gasteiger partial charge in [0.25, 0.3) is 5.91 Å². The van der Waals surface area contributed by atoms with Crippen molar-refractivity contribution in [2.24, 2.45) is 0 Å². The Morgan fingerprint density at radius 3 is 2.72 bits per heavy atom. The number of carbonyl (C=O) groups excluding carboxylic acids is 1. The van der Waals surface area contributed by atoms with Crippen molar-refractivity contribution in [1.82, 2.24) is 19.4 Å². The molecule has 0 spiro atoms. The van der Waals surface area contributed by atoms with Gasteiger partial charge in [0.1, 0.15) is 12.8 Å². The van der Waals surface area contributed by atoms with E-state index >= 15 is 0 Å². The first-order chi connectivity index (χ1) is 14.0. The number of fused-ring (bicyclic) bond motifs is 1. The van der Waals surface area contributed by atoms with Crippen LogP contribution in [-0.4, -0.2) is 28.0 Å². The molecule has 0 aliphatic heterocycles. The average molecular weight is 407 g/mol. The number of carbonyl (C=O) groups is 1. The number of nitrogens with zero attached hydrogens (tertiary/aromatic N) is 3. The Hall–Kier alpha value is -3.33. The third kappa shape index (κ3) is 3.68. The summed E-state index contributed by atoms with van der Waals surface area (Å²) in [5, 5.41) is 16.8. The summed E-state index contributed by atoms with van der Waals surface area (Å²) < 4.78 is 5.87. The molecule has 0 saturated carbocycles. The molecule has 2 N–H and O–H groups in total. The minimum absolute atomic E-state index is 0.286. The van der Waals surface area contributed by atoms with Crippen molar-refractivity contribution in [1.29, 1.82) is 0 Å². The van der Waals surface area contributed by atoms with Crippen molar-refractivity contribution in [2.75, 3.05) is 7.11 Å². The first-order valence-electron chi connectivity index (χ1n) is 8.83. The van der Waals surface area contributed by atoms with Gasteiger partial charge in [-0.05, 0) is 35.7 Å². The van der Waals surface area contributed by atoms with Crippen LogP contribution in [0, 0.1) is 0 Å². The highest BCUT2D eigenvalue weighted by molar-refractivity contribution is 7.79. The Balaban J connectivity index is 1.65. The fourth-order valence-corrected chi connectivity index (χ4v) is 3.43. The molecule has 1 amide bonds. The highest BCUT2D eigenvalue weighted by Crippen LogP contribution is 2.32. The standard InChI is InChI=1S/C21H18N4O3S/c1-28-20-9-3-2-8-19(20)25(27,29)23-21(26)16-10-11-17-15(14-16)6-4-7-18(17)24-13-5-12-22-24/h2-14,27,29H,1H3/p+1. The fourth-order valence-electron chi connectivity index (χ4n) is 3.17. The van der Waals surface area contributed by atoms with Crippen molar-refractivity contribution >= 4 is 35.2 Å². The number of aromatic nitrogens is 2. The number of hydrogen-bond donors (Lipinski definition) is 3. The third-order valence-corrected chi connectivity index (χ3v) is 4.86. The largest absolute Gasteiger partial charge is 0.491 e. The van der Waals surface area contributed by atoms with Gasteiger partial charge in [-0.15, -0.1) is 5.43 Å². The zero-order valence-electron chi connectivity index (χ0n) is 15.6. The van der Waals surface area contributed by atoms with Crippen LogP contribution < -0.4 is 14.3 Å². The smallest absolute Gasteiger partial charge is 0.300 e. The fraction of sp³-hybridized carbons (Fsp3) is 0.0476. The Kier molecular flexibility index (Phi) is 4.98. The second-order valence-corrected chi connectivity index (χ2v) is 6.96. The van der Waals surface area contributed by atoms with Crippen molar-refractivity contribution in [3.05, 3.63) is 84.7 Å². The molecule has 29 heavy (non-hydrogen) atoms. The highest BCUT2D eigenvalue weighted by Gasteiger charge is 2.32. The number of amides is 1. The SMILES string of the molecule is COc1ccccc1[N+](O)(S)NC(=O)c1ccc2c(-n3cccn3)cccc2c1. The molecule has 0 aliphatic carbocycles. The lowest BCUT2D eigenvalue weighted by molar-refractivity contribution is -0.0161. The molecule has 0 bridgehead atoms. The molecule has 7 nitrogen and oxygen atoms in total. The third-order valence-electron chi connectivity index (χ3n) is 4.55. The number of methoxy groups -OCH3 is 1. The number of nitrogens with one attached hydrogen (secondary N) is 1. The summed E-state index contributed by atoms with van der Waals surface area (Å²) in [6, 6.07) is 19.7. The highest BCUT2D eigenvalue weighted by atomic mass is 32.1. The number of hydrogen-bond acceptors (Lipinski definition) is 5. The molecule has 3 aromatic carbocycles. The van der Waals surface area contributed by atoms with Gasteiger partial charge in [-0.2, -0.15) is 10.3 Å². The molecule has 0 aliphatic rings. The minimum atomic E-state index is -1.14. The number of rotatable bonds is 5. The molecule has 1 heterocycles. The summed E-state index contributed by atoms with van der Waals surface area (Å²) in [4.78, 5) is 12.8. The summed E-state index contributed by atoms with van der Waals surface area (Å²) >= 11 is 4.19. The Morgan fingerprint density at radius 1 is 1.14 bits per heavy atom. The lowest BCUT2D eigenvalue weighted by atomic mass is 10.1. The van der Waals surface area contributed by atoms with Gasteiger partial charge in [-0.3, -0.25) is 4.79 Å². The van der Waals surface area contributed by atoms with E-state index < -0.39 is 10.1 Å². The van der Waals surface area contributed by atoms with Gasteiger partial charge in [0, 0.05) is 33.6 Å². The van der Waals surface area contributed by atoms with E-state index in [4.69, 9.17) is 4.74 Å². The van der Waals surface area contributed by atoms with Gasteiger partial charge < -0.3 is 4.74 Å². The molecule has 0 fully saturated rings. The van der Waals surface area contributed by atoms with Gasteiger partial charge >= 0.3 is 0 Å². The number of para-hydroxylation sites is 2. The molecule has 8 heteroatoms. The van der Waals surface area contributed by atoms with Crippen LogP contribution in [0.5, 0.6) is 5.75 Å². The number of ether oxygens (including phenoxy) is 1. The van der Waals surface area contributed by atoms with Gasteiger partial charge in [0.15, 0.2) is 5.75 Å². The minimum Gasteiger partial charge on any atom is -0.491 e. The summed E-state index contributed by atoms with van der Waals surface area (Å²) in [5.41, 5.74) is 4.07. The second-order valence-electron chi connectivity index (χ2n) is 6.38. The van der Waals surface area contributed by atoms with E-state index in [-0.39, 0.29) is 5.69 Å². The van der Waals surface area contributed by atoms with E-state index in [1.807, 2.05) is 36.5 Å². The van der Waals surface area contributed by atoms with Crippen LogP contribution in [-0.2, 0) is 0 Å². The zero-order valence-corrected chi connectivity index (χ0v) is 16.5. The van der Waals surface area contributed by atoms with Crippen LogP contribution in [0.25, 0.3) is 16.5 Å². The molecular formula is C21H19N4O3S+. The molecule has 1 atom stereocenters. The van der Waals surface area contributed by atoms with Crippen molar-refractivity contribution in [3.63, 3.8) is 0 Å². The van der Waals surface area contributed by atoms with Gasteiger partial charge in [-0.1, -0.05) is 30.3 Å². The van der Waals surface area contributed by atoms with E-state index in [9.17, 15) is 10.0 Å².